The molecule has 0 heterocycles. The van der Waals surface area contributed by atoms with Gasteiger partial charge in [0.2, 0.25) is 0 Å². The van der Waals surface area contributed by atoms with Crippen LogP contribution in [-0.2, 0) is 16.6 Å². The van der Waals surface area contributed by atoms with Gasteiger partial charge < -0.3 is 5.73 Å². The Kier molecular flexibility index (Phi) is 4.32. The lowest BCUT2D eigenvalue weighted by molar-refractivity contribution is 0.601. The van der Waals surface area contributed by atoms with Gasteiger partial charge in [0.1, 0.15) is 0 Å². The molecule has 0 aliphatic rings. The van der Waals surface area contributed by atoms with Crippen molar-refractivity contribution in [2.75, 3.05) is 4.72 Å². The lowest BCUT2D eigenvalue weighted by atomic mass is 10.2. The number of nitrogens with one attached hydrogen (secondary N) is 1. The van der Waals surface area contributed by atoms with E-state index in [2.05, 4.69) is 4.72 Å². The lowest BCUT2D eigenvalue weighted by Crippen LogP contribution is -2.13. The number of rotatable bonds is 4. The molecule has 4 nitrogen and oxygen atoms in total. The summed E-state index contributed by atoms with van der Waals surface area (Å²) in [7, 11) is -3.65. The van der Waals surface area contributed by atoms with Gasteiger partial charge in [-0.05, 0) is 36.8 Å². The number of sulfonamides is 1. The fourth-order valence-corrected chi connectivity index (χ4v) is 3.10. The summed E-state index contributed by atoms with van der Waals surface area (Å²) < 4.78 is 27.0. The third-order valence-corrected chi connectivity index (χ3v) is 4.59. The Balaban J connectivity index is 2.30. The summed E-state index contributed by atoms with van der Waals surface area (Å²) >= 11 is 5.99. The molecule has 0 amide bonds. The van der Waals surface area contributed by atoms with Gasteiger partial charge in [-0.2, -0.15) is 0 Å². The van der Waals surface area contributed by atoms with Crippen molar-refractivity contribution in [3.8, 4) is 0 Å². The Bertz CT molecular complexity index is 712. The van der Waals surface area contributed by atoms with E-state index in [1.54, 1.807) is 18.2 Å². The van der Waals surface area contributed by atoms with Crippen molar-refractivity contribution in [3.63, 3.8) is 0 Å². The second kappa shape index (κ2) is 5.83. The van der Waals surface area contributed by atoms with Gasteiger partial charge in [0.25, 0.3) is 10.0 Å². The highest BCUT2D eigenvalue weighted by molar-refractivity contribution is 7.92. The van der Waals surface area contributed by atoms with E-state index in [1.165, 1.54) is 12.1 Å². The molecule has 20 heavy (non-hydrogen) atoms. The molecule has 0 spiro atoms. The smallest absolute Gasteiger partial charge is 0.261 e. The third kappa shape index (κ3) is 3.30. The molecular weight excluding hydrogens is 296 g/mol. The number of aryl methyl sites for hydroxylation is 1. The third-order valence-electron chi connectivity index (χ3n) is 2.86. The molecule has 0 aromatic heterocycles. The molecule has 106 valence electrons. The van der Waals surface area contributed by atoms with E-state index in [0.29, 0.717) is 16.3 Å². The molecule has 0 bridgehead atoms. The van der Waals surface area contributed by atoms with Gasteiger partial charge in [-0.1, -0.05) is 35.4 Å². The molecule has 3 N–H and O–H groups in total. The molecule has 2 aromatic rings. The first kappa shape index (κ1) is 14.8. The second-order valence-electron chi connectivity index (χ2n) is 4.43. The summed E-state index contributed by atoms with van der Waals surface area (Å²) in [6, 6.07) is 11.6. The van der Waals surface area contributed by atoms with Crippen molar-refractivity contribution in [1.29, 1.82) is 0 Å². The molecule has 0 aliphatic heterocycles. The molecule has 2 rings (SSSR count). The van der Waals surface area contributed by atoms with E-state index in [9.17, 15) is 8.42 Å². The summed E-state index contributed by atoms with van der Waals surface area (Å²) in [6.45, 7) is 2.20. The van der Waals surface area contributed by atoms with Gasteiger partial charge in [0.05, 0.1) is 4.90 Å². The van der Waals surface area contributed by atoms with Crippen LogP contribution in [0.2, 0.25) is 5.02 Å². The molecule has 6 heteroatoms. The van der Waals surface area contributed by atoms with E-state index >= 15 is 0 Å². The minimum atomic E-state index is -3.65. The Labute approximate surface area is 123 Å². The van der Waals surface area contributed by atoms with Crippen LogP contribution >= 0.6 is 11.6 Å². The quantitative estimate of drug-likeness (QED) is 0.912. The summed E-state index contributed by atoms with van der Waals surface area (Å²) in [5.74, 6) is 0. The maximum atomic E-state index is 12.2. The highest BCUT2D eigenvalue weighted by atomic mass is 35.5. The van der Waals surface area contributed by atoms with Crippen LogP contribution in [0.1, 0.15) is 11.1 Å². The van der Waals surface area contributed by atoms with E-state index in [0.717, 1.165) is 5.56 Å². The van der Waals surface area contributed by atoms with Crippen LogP contribution in [0.25, 0.3) is 0 Å². The van der Waals surface area contributed by atoms with Crippen LogP contribution in [0.3, 0.4) is 0 Å². The maximum Gasteiger partial charge on any atom is 0.261 e. The van der Waals surface area contributed by atoms with Gasteiger partial charge >= 0.3 is 0 Å². The molecule has 0 atom stereocenters. The van der Waals surface area contributed by atoms with Crippen molar-refractivity contribution in [2.24, 2.45) is 5.73 Å². The first-order chi connectivity index (χ1) is 9.42. The number of hydrogen-bond acceptors (Lipinski definition) is 3. The molecule has 0 radical (unpaired) electrons. The van der Waals surface area contributed by atoms with Crippen molar-refractivity contribution in [1.82, 2.24) is 0 Å². The van der Waals surface area contributed by atoms with Gasteiger partial charge in [0.15, 0.2) is 0 Å². The molecule has 0 fully saturated rings. The first-order valence-electron chi connectivity index (χ1n) is 6.00. The van der Waals surface area contributed by atoms with Gasteiger partial charge in [0, 0.05) is 17.3 Å². The molecule has 0 saturated heterocycles. The predicted molar refractivity (Wildman–Crippen MR) is 81.3 cm³/mol. The standard InChI is InChI=1S/C14H15ClN2O2S/c1-10-2-5-12(6-3-10)17-20(18,19)13-7-4-11(9-16)14(15)8-13/h2-8,17H,9,16H2,1H3. The molecule has 2 aromatic carbocycles. The van der Waals surface area contributed by atoms with E-state index < -0.39 is 10.0 Å². The van der Waals surface area contributed by atoms with Crippen LogP contribution < -0.4 is 10.5 Å². The summed E-state index contributed by atoms with van der Waals surface area (Å²) in [5, 5.41) is 0.347. The minimum absolute atomic E-state index is 0.111. The largest absolute Gasteiger partial charge is 0.326 e. The number of halogens is 1. The zero-order chi connectivity index (χ0) is 14.8. The summed E-state index contributed by atoms with van der Waals surface area (Å²) in [4.78, 5) is 0.111. The fraction of sp³-hybridized carbons (Fsp3) is 0.143. The number of anilines is 1. The minimum Gasteiger partial charge on any atom is -0.326 e. The number of benzene rings is 2. The van der Waals surface area contributed by atoms with Crippen LogP contribution in [0.15, 0.2) is 47.4 Å². The van der Waals surface area contributed by atoms with Gasteiger partial charge in [-0.3, -0.25) is 4.72 Å². The van der Waals surface area contributed by atoms with Crippen molar-refractivity contribution < 1.29 is 8.42 Å². The van der Waals surface area contributed by atoms with Crippen molar-refractivity contribution >= 4 is 27.3 Å². The monoisotopic (exact) mass is 310 g/mol. The van der Waals surface area contributed by atoms with Crippen LogP contribution in [-0.4, -0.2) is 8.42 Å². The second-order valence-corrected chi connectivity index (χ2v) is 6.52. The Morgan fingerprint density at radius 2 is 1.80 bits per heavy atom. The van der Waals surface area contributed by atoms with Crippen molar-refractivity contribution in [3.05, 3.63) is 58.6 Å². The average molecular weight is 311 g/mol. The molecule has 0 aliphatic carbocycles. The maximum absolute atomic E-state index is 12.2. The van der Waals surface area contributed by atoms with Gasteiger partial charge in [-0.25, -0.2) is 8.42 Å². The normalized spacial score (nSPS) is 11.3. The summed E-state index contributed by atoms with van der Waals surface area (Å²) in [6.07, 6.45) is 0. The van der Waals surface area contributed by atoms with E-state index in [1.807, 2.05) is 19.1 Å². The average Bonchev–Trinajstić information content (AvgIpc) is 2.41. The first-order valence-corrected chi connectivity index (χ1v) is 7.86. The molecular formula is C14H15ClN2O2S. The van der Waals surface area contributed by atoms with Crippen molar-refractivity contribution in [2.45, 2.75) is 18.4 Å². The lowest BCUT2D eigenvalue weighted by Gasteiger charge is -2.10. The summed E-state index contributed by atoms with van der Waals surface area (Å²) in [5.41, 5.74) is 7.77. The Hall–Kier alpha value is -1.56. The highest BCUT2D eigenvalue weighted by Crippen LogP contribution is 2.22. The topological polar surface area (TPSA) is 72.2 Å². The fourth-order valence-electron chi connectivity index (χ4n) is 1.70. The van der Waals surface area contributed by atoms with E-state index in [4.69, 9.17) is 17.3 Å². The zero-order valence-corrected chi connectivity index (χ0v) is 12.5. The van der Waals surface area contributed by atoms with Crippen LogP contribution in [0.4, 0.5) is 5.69 Å². The SMILES string of the molecule is Cc1ccc(NS(=O)(=O)c2ccc(CN)c(Cl)c2)cc1. The zero-order valence-electron chi connectivity index (χ0n) is 10.9. The number of nitrogens with two attached hydrogens (primary N) is 1. The highest BCUT2D eigenvalue weighted by Gasteiger charge is 2.15. The number of hydrogen-bond donors (Lipinski definition) is 2. The predicted octanol–water partition coefficient (Wildman–Crippen LogP) is 2.91. The van der Waals surface area contributed by atoms with Gasteiger partial charge in [-0.15, -0.1) is 0 Å². The molecule has 0 saturated carbocycles. The Morgan fingerprint density at radius 3 is 2.35 bits per heavy atom. The van der Waals surface area contributed by atoms with Crippen LogP contribution in [0, 0.1) is 6.92 Å². The van der Waals surface area contributed by atoms with Crippen LogP contribution in [0.5, 0.6) is 0 Å². The van der Waals surface area contributed by atoms with E-state index in [-0.39, 0.29) is 11.4 Å². The Morgan fingerprint density at radius 1 is 1.15 bits per heavy atom. The molecule has 0 unspecified atom stereocenters.